The SMILES string of the molecule is C=C(C)c1cc(CC)c(CC)cc1/C=C/C. The molecule has 0 radical (unpaired) electrons. The normalized spacial score (nSPS) is 11.0. The molecule has 0 bridgehead atoms. The lowest BCUT2D eigenvalue weighted by atomic mass is 9.92. The summed E-state index contributed by atoms with van der Waals surface area (Å²) in [5.41, 5.74) is 6.64. The minimum absolute atomic E-state index is 1.10. The van der Waals surface area contributed by atoms with Crippen LogP contribution >= 0.6 is 0 Å². The summed E-state index contributed by atoms with van der Waals surface area (Å²) in [6.07, 6.45) is 6.46. The Morgan fingerprint density at radius 2 is 1.75 bits per heavy atom. The largest absolute Gasteiger partial charge is 0.0955 e. The Kier molecular flexibility index (Phi) is 4.54. The van der Waals surface area contributed by atoms with Gasteiger partial charge in [-0.1, -0.05) is 50.3 Å². The van der Waals surface area contributed by atoms with Gasteiger partial charge in [-0.25, -0.2) is 0 Å². The number of aryl methyl sites for hydroxylation is 2. The molecule has 0 heterocycles. The van der Waals surface area contributed by atoms with Gasteiger partial charge in [0.2, 0.25) is 0 Å². The monoisotopic (exact) mass is 214 g/mol. The topological polar surface area (TPSA) is 0 Å². The molecule has 0 aliphatic carbocycles. The van der Waals surface area contributed by atoms with Gasteiger partial charge in [0.25, 0.3) is 0 Å². The zero-order valence-electron chi connectivity index (χ0n) is 10.9. The van der Waals surface area contributed by atoms with Gasteiger partial charge >= 0.3 is 0 Å². The lowest BCUT2D eigenvalue weighted by molar-refractivity contribution is 1.03. The van der Waals surface area contributed by atoms with Crippen LogP contribution in [0.1, 0.15) is 49.9 Å². The average molecular weight is 214 g/mol. The smallest absolute Gasteiger partial charge is 0.0158 e. The van der Waals surface area contributed by atoms with Gasteiger partial charge < -0.3 is 0 Å². The quantitative estimate of drug-likeness (QED) is 0.670. The van der Waals surface area contributed by atoms with Gasteiger partial charge in [-0.3, -0.25) is 0 Å². The number of rotatable bonds is 4. The first-order valence-corrected chi connectivity index (χ1v) is 6.08. The van der Waals surface area contributed by atoms with Gasteiger partial charge in [-0.05, 0) is 48.9 Å². The van der Waals surface area contributed by atoms with E-state index in [-0.39, 0.29) is 0 Å². The fraction of sp³-hybridized carbons (Fsp3) is 0.375. The minimum Gasteiger partial charge on any atom is -0.0955 e. The van der Waals surface area contributed by atoms with Gasteiger partial charge in [-0.15, -0.1) is 0 Å². The molecule has 0 heteroatoms. The lowest BCUT2D eigenvalue weighted by Crippen LogP contribution is -1.96. The summed E-state index contributed by atoms with van der Waals surface area (Å²) in [7, 11) is 0. The molecular weight excluding hydrogens is 192 g/mol. The van der Waals surface area contributed by atoms with Crippen molar-refractivity contribution in [2.75, 3.05) is 0 Å². The van der Waals surface area contributed by atoms with E-state index in [2.05, 4.69) is 58.6 Å². The number of hydrogen-bond acceptors (Lipinski definition) is 0. The van der Waals surface area contributed by atoms with E-state index in [9.17, 15) is 0 Å². The van der Waals surface area contributed by atoms with Crippen molar-refractivity contribution >= 4 is 11.6 Å². The van der Waals surface area contributed by atoms with Crippen LogP contribution in [0.15, 0.2) is 24.8 Å². The van der Waals surface area contributed by atoms with Crippen LogP contribution in [-0.2, 0) is 12.8 Å². The van der Waals surface area contributed by atoms with E-state index in [1.54, 1.807) is 0 Å². The second-order valence-corrected chi connectivity index (χ2v) is 4.20. The first kappa shape index (κ1) is 12.8. The summed E-state index contributed by atoms with van der Waals surface area (Å²) in [5, 5.41) is 0. The molecule has 0 fully saturated rings. The Hall–Kier alpha value is -1.30. The highest BCUT2D eigenvalue weighted by Gasteiger charge is 2.06. The number of benzene rings is 1. The summed E-state index contributed by atoms with van der Waals surface area (Å²) in [5.74, 6) is 0. The van der Waals surface area contributed by atoms with Crippen molar-refractivity contribution in [3.05, 3.63) is 47.0 Å². The second kappa shape index (κ2) is 5.69. The van der Waals surface area contributed by atoms with Gasteiger partial charge in [0.05, 0.1) is 0 Å². The summed E-state index contributed by atoms with van der Waals surface area (Å²) in [6, 6.07) is 4.61. The van der Waals surface area contributed by atoms with Crippen LogP contribution in [0.4, 0.5) is 0 Å². The molecule has 0 nitrogen and oxygen atoms in total. The fourth-order valence-corrected chi connectivity index (χ4v) is 2.05. The maximum atomic E-state index is 4.07. The Labute approximate surface area is 99.7 Å². The zero-order chi connectivity index (χ0) is 12.1. The van der Waals surface area contributed by atoms with Crippen LogP contribution in [0.3, 0.4) is 0 Å². The molecule has 0 saturated heterocycles. The van der Waals surface area contributed by atoms with Crippen LogP contribution in [0.5, 0.6) is 0 Å². The molecule has 0 spiro atoms. The van der Waals surface area contributed by atoms with Crippen LogP contribution in [-0.4, -0.2) is 0 Å². The fourth-order valence-electron chi connectivity index (χ4n) is 2.05. The van der Waals surface area contributed by atoms with Crippen LogP contribution < -0.4 is 0 Å². The third-order valence-corrected chi connectivity index (χ3v) is 2.94. The molecule has 0 atom stereocenters. The summed E-state index contributed by atoms with van der Waals surface area (Å²) in [6.45, 7) is 12.6. The summed E-state index contributed by atoms with van der Waals surface area (Å²) < 4.78 is 0. The predicted molar refractivity (Wildman–Crippen MR) is 74.6 cm³/mol. The van der Waals surface area contributed by atoms with Crippen LogP contribution in [0.25, 0.3) is 11.6 Å². The van der Waals surface area contributed by atoms with E-state index < -0.39 is 0 Å². The lowest BCUT2D eigenvalue weighted by Gasteiger charge is -2.13. The third-order valence-electron chi connectivity index (χ3n) is 2.94. The van der Waals surface area contributed by atoms with Gasteiger partial charge in [0, 0.05) is 0 Å². The Morgan fingerprint density at radius 1 is 1.19 bits per heavy atom. The van der Waals surface area contributed by atoms with Gasteiger partial charge in [0.1, 0.15) is 0 Å². The van der Waals surface area contributed by atoms with Gasteiger partial charge in [-0.2, -0.15) is 0 Å². The molecule has 0 aliphatic rings. The van der Waals surface area contributed by atoms with Crippen molar-refractivity contribution in [1.29, 1.82) is 0 Å². The van der Waals surface area contributed by atoms with E-state index in [0.29, 0.717) is 0 Å². The maximum Gasteiger partial charge on any atom is -0.0158 e. The first-order chi connectivity index (χ1) is 7.63. The summed E-state index contributed by atoms with van der Waals surface area (Å²) in [4.78, 5) is 0. The number of allylic oxidation sites excluding steroid dienone is 2. The van der Waals surface area contributed by atoms with E-state index in [1.807, 2.05) is 0 Å². The molecule has 1 aromatic carbocycles. The van der Waals surface area contributed by atoms with Crippen molar-refractivity contribution in [2.24, 2.45) is 0 Å². The van der Waals surface area contributed by atoms with E-state index in [0.717, 1.165) is 18.4 Å². The van der Waals surface area contributed by atoms with E-state index in [4.69, 9.17) is 0 Å². The van der Waals surface area contributed by atoms with E-state index >= 15 is 0 Å². The summed E-state index contributed by atoms with van der Waals surface area (Å²) >= 11 is 0. The molecule has 0 N–H and O–H groups in total. The molecule has 16 heavy (non-hydrogen) atoms. The molecule has 0 unspecified atom stereocenters. The van der Waals surface area contributed by atoms with Crippen LogP contribution in [0, 0.1) is 0 Å². The van der Waals surface area contributed by atoms with Crippen molar-refractivity contribution in [3.8, 4) is 0 Å². The molecule has 0 saturated carbocycles. The first-order valence-electron chi connectivity index (χ1n) is 6.08. The van der Waals surface area contributed by atoms with E-state index in [1.165, 1.54) is 22.3 Å². The van der Waals surface area contributed by atoms with Crippen molar-refractivity contribution in [2.45, 2.75) is 40.5 Å². The maximum absolute atomic E-state index is 4.07. The van der Waals surface area contributed by atoms with Crippen LogP contribution in [0.2, 0.25) is 0 Å². The molecule has 1 aromatic rings. The van der Waals surface area contributed by atoms with Crippen molar-refractivity contribution < 1.29 is 0 Å². The highest BCUT2D eigenvalue weighted by molar-refractivity contribution is 5.73. The molecule has 1 rings (SSSR count). The highest BCUT2D eigenvalue weighted by atomic mass is 14.1. The van der Waals surface area contributed by atoms with Gasteiger partial charge in [0.15, 0.2) is 0 Å². The van der Waals surface area contributed by atoms with Crippen molar-refractivity contribution in [1.82, 2.24) is 0 Å². The second-order valence-electron chi connectivity index (χ2n) is 4.20. The molecular formula is C16H22. The zero-order valence-corrected chi connectivity index (χ0v) is 10.9. The Bertz CT molecular complexity index is 408. The standard InChI is InChI=1S/C16H22/c1-6-9-15-10-13(7-2)14(8-3)11-16(15)12(4)5/h6,9-11H,4,7-8H2,1-3,5H3/b9-6+. The number of hydrogen-bond donors (Lipinski definition) is 0. The van der Waals surface area contributed by atoms with Crippen molar-refractivity contribution in [3.63, 3.8) is 0 Å². The third kappa shape index (κ3) is 2.63. The Morgan fingerprint density at radius 3 is 2.19 bits per heavy atom. The molecule has 0 aromatic heterocycles. The average Bonchev–Trinajstić information content (AvgIpc) is 2.28. The molecule has 0 aliphatic heterocycles. The molecule has 0 amide bonds. The minimum atomic E-state index is 1.10. The molecule has 86 valence electrons. The Balaban J connectivity index is 3.41. The predicted octanol–water partition coefficient (Wildman–Crippen LogP) is 4.88. The highest BCUT2D eigenvalue weighted by Crippen LogP contribution is 2.24.